The number of carbonyl (C=O) groups excluding carboxylic acids is 1. The zero-order valence-corrected chi connectivity index (χ0v) is 13.9. The fourth-order valence-electron chi connectivity index (χ4n) is 2.95. The number of halogens is 2. The standard InChI is InChI=1S/C19H19ClFNO2/c20-16-5-1-3-14(11-16)18(15-4-2-6-17(21)12-15)22-19(23)13-7-9-24-10-8-13/h1-6,11-13,18H,7-10H2,(H,22,23)/t18-/m1/s1. The van der Waals surface area contributed by atoms with E-state index >= 15 is 0 Å². The van der Waals surface area contributed by atoms with Gasteiger partial charge in [-0.25, -0.2) is 4.39 Å². The number of benzene rings is 2. The fourth-order valence-corrected chi connectivity index (χ4v) is 3.15. The number of nitrogens with one attached hydrogen (secondary N) is 1. The van der Waals surface area contributed by atoms with Gasteiger partial charge in [0.1, 0.15) is 5.82 Å². The lowest BCUT2D eigenvalue weighted by molar-refractivity contribution is -0.128. The molecule has 126 valence electrons. The van der Waals surface area contributed by atoms with Crippen molar-refractivity contribution >= 4 is 17.5 Å². The minimum absolute atomic E-state index is 0.0347. The molecule has 1 N–H and O–H groups in total. The van der Waals surface area contributed by atoms with Crippen molar-refractivity contribution in [3.8, 4) is 0 Å². The van der Waals surface area contributed by atoms with Crippen LogP contribution in [-0.4, -0.2) is 19.1 Å². The van der Waals surface area contributed by atoms with Gasteiger partial charge in [0, 0.05) is 24.2 Å². The molecule has 3 rings (SSSR count). The first-order valence-electron chi connectivity index (χ1n) is 8.02. The van der Waals surface area contributed by atoms with Gasteiger partial charge in [0.25, 0.3) is 0 Å². The minimum Gasteiger partial charge on any atom is -0.381 e. The van der Waals surface area contributed by atoms with Crippen LogP contribution in [0.5, 0.6) is 0 Å². The third-order valence-electron chi connectivity index (χ3n) is 4.24. The smallest absolute Gasteiger partial charge is 0.224 e. The van der Waals surface area contributed by atoms with Crippen molar-refractivity contribution < 1.29 is 13.9 Å². The van der Waals surface area contributed by atoms with Gasteiger partial charge in [-0.2, -0.15) is 0 Å². The third kappa shape index (κ3) is 4.13. The van der Waals surface area contributed by atoms with E-state index in [0.717, 1.165) is 5.56 Å². The molecule has 2 aromatic rings. The highest BCUT2D eigenvalue weighted by atomic mass is 35.5. The highest BCUT2D eigenvalue weighted by Crippen LogP contribution is 2.26. The maximum atomic E-state index is 13.7. The van der Waals surface area contributed by atoms with E-state index in [1.165, 1.54) is 12.1 Å². The molecular weight excluding hydrogens is 329 g/mol. The molecule has 1 fully saturated rings. The van der Waals surface area contributed by atoms with Crippen molar-refractivity contribution in [2.24, 2.45) is 5.92 Å². The summed E-state index contributed by atoms with van der Waals surface area (Å²) in [6, 6.07) is 13.1. The lowest BCUT2D eigenvalue weighted by atomic mass is 9.95. The molecule has 2 aromatic carbocycles. The van der Waals surface area contributed by atoms with Gasteiger partial charge >= 0.3 is 0 Å². The molecule has 0 saturated carbocycles. The lowest BCUT2D eigenvalue weighted by Gasteiger charge is -2.26. The Kier molecular flexibility index (Phi) is 5.48. The van der Waals surface area contributed by atoms with E-state index in [9.17, 15) is 9.18 Å². The van der Waals surface area contributed by atoms with Crippen molar-refractivity contribution in [1.29, 1.82) is 0 Å². The van der Waals surface area contributed by atoms with Crippen LogP contribution in [0.1, 0.15) is 30.0 Å². The summed E-state index contributed by atoms with van der Waals surface area (Å²) in [5.74, 6) is -0.443. The molecule has 1 amide bonds. The first kappa shape index (κ1) is 16.9. The molecule has 5 heteroatoms. The van der Waals surface area contributed by atoms with Crippen LogP contribution in [0, 0.1) is 11.7 Å². The van der Waals surface area contributed by atoms with E-state index in [4.69, 9.17) is 16.3 Å². The second kappa shape index (κ2) is 7.77. The quantitative estimate of drug-likeness (QED) is 0.903. The van der Waals surface area contributed by atoms with Crippen LogP contribution < -0.4 is 5.32 Å². The molecule has 3 nitrogen and oxygen atoms in total. The van der Waals surface area contributed by atoms with Crippen molar-refractivity contribution in [1.82, 2.24) is 5.32 Å². The number of hydrogen-bond acceptors (Lipinski definition) is 2. The average Bonchev–Trinajstić information content (AvgIpc) is 2.60. The molecule has 24 heavy (non-hydrogen) atoms. The van der Waals surface area contributed by atoms with Crippen LogP contribution in [0.4, 0.5) is 4.39 Å². The van der Waals surface area contributed by atoms with Crippen LogP contribution in [0.15, 0.2) is 48.5 Å². The van der Waals surface area contributed by atoms with Gasteiger partial charge in [0.05, 0.1) is 6.04 Å². The Balaban J connectivity index is 1.88. The Bertz CT molecular complexity index is 671. The number of hydrogen-bond donors (Lipinski definition) is 1. The van der Waals surface area contributed by atoms with E-state index in [1.807, 2.05) is 12.1 Å². The summed E-state index contributed by atoms with van der Waals surface area (Å²) in [6.07, 6.45) is 1.41. The van der Waals surface area contributed by atoms with Crippen LogP contribution >= 0.6 is 11.6 Å². The normalized spacial score (nSPS) is 16.6. The van der Waals surface area contributed by atoms with Crippen molar-refractivity contribution in [2.45, 2.75) is 18.9 Å². The Labute approximate surface area is 145 Å². The zero-order chi connectivity index (χ0) is 16.9. The molecule has 1 atom stereocenters. The molecule has 1 heterocycles. The molecule has 0 radical (unpaired) electrons. The Hall–Kier alpha value is -1.91. The molecule has 0 aliphatic carbocycles. The maximum Gasteiger partial charge on any atom is 0.224 e. The van der Waals surface area contributed by atoms with Gasteiger partial charge in [-0.1, -0.05) is 35.9 Å². The second-order valence-electron chi connectivity index (χ2n) is 5.94. The van der Waals surface area contributed by atoms with Gasteiger partial charge in [-0.05, 0) is 48.2 Å². The van der Waals surface area contributed by atoms with E-state index in [1.54, 1.807) is 24.3 Å². The van der Waals surface area contributed by atoms with E-state index in [2.05, 4.69) is 5.32 Å². The molecule has 0 spiro atoms. The second-order valence-corrected chi connectivity index (χ2v) is 6.37. The number of carbonyl (C=O) groups is 1. The first-order valence-corrected chi connectivity index (χ1v) is 8.40. The van der Waals surface area contributed by atoms with Gasteiger partial charge < -0.3 is 10.1 Å². The highest BCUT2D eigenvalue weighted by Gasteiger charge is 2.25. The third-order valence-corrected chi connectivity index (χ3v) is 4.48. The summed E-state index contributed by atoms with van der Waals surface area (Å²) in [7, 11) is 0. The lowest BCUT2D eigenvalue weighted by Crippen LogP contribution is -2.37. The van der Waals surface area contributed by atoms with E-state index < -0.39 is 6.04 Å². The summed E-state index contributed by atoms with van der Waals surface area (Å²) in [5, 5.41) is 3.63. The summed E-state index contributed by atoms with van der Waals surface area (Å²) >= 11 is 6.09. The molecule has 0 aromatic heterocycles. The zero-order valence-electron chi connectivity index (χ0n) is 13.2. The van der Waals surface area contributed by atoms with E-state index in [0.29, 0.717) is 36.6 Å². The molecule has 1 aliphatic heterocycles. The summed E-state index contributed by atoms with van der Waals surface area (Å²) < 4.78 is 19.0. The average molecular weight is 348 g/mol. The molecule has 0 unspecified atom stereocenters. The molecular formula is C19H19ClFNO2. The Morgan fingerprint density at radius 3 is 2.46 bits per heavy atom. The van der Waals surface area contributed by atoms with Crippen molar-refractivity contribution in [2.75, 3.05) is 13.2 Å². The predicted molar refractivity (Wildman–Crippen MR) is 91.4 cm³/mol. The predicted octanol–water partition coefficient (Wildman–Crippen LogP) is 4.11. The highest BCUT2D eigenvalue weighted by molar-refractivity contribution is 6.30. The summed E-state index contributed by atoms with van der Waals surface area (Å²) in [6.45, 7) is 1.19. The van der Waals surface area contributed by atoms with Crippen LogP contribution in [0.25, 0.3) is 0 Å². The van der Waals surface area contributed by atoms with Crippen molar-refractivity contribution in [3.05, 3.63) is 70.5 Å². The SMILES string of the molecule is O=C(N[C@@H](c1cccc(F)c1)c1cccc(Cl)c1)C1CCOCC1. The fraction of sp³-hybridized carbons (Fsp3) is 0.316. The molecule has 1 saturated heterocycles. The van der Waals surface area contributed by atoms with Gasteiger partial charge in [-0.15, -0.1) is 0 Å². The van der Waals surface area contributed by atoms with Crippen LogP contribution in [-0.2, 0) is 9.53 Å². The Morgan fingerprint density at radius 2 is 1.79 bits per heavy atom. The van der Waals surface area contributed by atoms with Gasteiger partial charge in [0.15, 0.2) is 0 Å². The Morgan fingerprint density at radius 1 is 1.12 bits per heavy atom. The monoisotopic (exact) mass is 347 g/mol. The largest absolute Gasteiger partial charge is 0.381 e. The molecule has 0 bridgehead atoms. The van der Waals surface area contributed by atoms with Crippen molar-refractivity contribution in [3.63, 3.8) is 0 Å². The summed E-state index contributed by atoms with van der Waals surface area (Å²) in [5.41, 5.74) is 1.52. The number of ether oxygens (including phenoxy) is 1. The number of rotatable bonds is 4. The first-order chi connectivity index (χ1) is 11.6. The maximum absolute atomic E-state index is 13.7. The van der Waals surface area contributed by atoms with Gasteiger partial charge in [0.2, 0.25) is 5.91 Å². The minimum atomic E-state index is -0.435. The van der Waals surface area contributed by atoms with Crippen LogP contribution in [0.2, 0.25) is 5.02 Å². The van der Waals surface area contributed by atoms with E-state index in [-0.39, 0.29) is 17.6 Å². The number of amides is 1. The summed E-state index contributed by atoms with van der Waals surface area (Å²) in [4.78, 5) is 12.6. The molecule has 1 aliphatic rings. The topological polar surface area (TPSA) is 38.3 Å². The van der Waals surface area contributed by atoms with Gasteiger partial charge in [-0.3, -0.25) is 4.79 Å². The van der Waals surface area contributed by atoms with Crippen LogP contribution in [0.3, 0.4) is 0 Å².